The van der Waals surface area contributed by atoms with Crippen molar-refractivity contribution >= 4 is 5.91 Å². The molecule has 1 amide bonds. The van der Waals surface area contributed by atoms with E-state index in [1.807, 2.05) is 11.8 Å². The number of phenols is 1. The van der Waals surface area contributed by atoms with E-state index >= 15 is 0 Å². The van der Waals surface area contributed by atoms with Crippen molar-refractivity contribution in [3.63, 3.8) is 0 Å². The summed E-state index contributed by atoms with van der Waals surface area (Å²) in [4.78, 5) is 14.2. The molecule has 1 aliphatic rings. The molecule has 17 heavy (non-hydrogen) atoms. The summed E-state index contributed by atoms with van der Waals surface area (Å²) in [6, 6.07) is 6.73. The lowest BCUT2D eigenvalue weighted by molar-refractivity contribution is 0.0704. The molecule has 1 aromatic carbocycles. The maximum absolute atomic E-state index is 12.3. The number of amides is 1. The lowest BCUT2D eigenvalue weighted by Crippen LogP contribution is -2.41. The number of rotatable bonds is 3. The van der Waals surface area contributed by atoms with Gasteiger partial charge in [0, 0.05) is 24.7 Å². The third-order valence-electron chi connectivity index (χ3n) is 3.19. The lowest BCUT2D eigenvalue weighted by Gasteiger charge is -2.27. The number of carbonyl (C=O) groups is 1. The fourth-order valence-electron chi connectivity index (χ4n) is 2.24. The number of nitrogens with one attached hydrogen (secondary N) is 1. The topological polar surface area (TPSA) is 52.6 Å². The van der Waals surface area contributed by atoms with Gasteiger partial charge in [0.05, 0.1) is 0 Å². The summed E-state index contributed by atoms with van der Waals surface area (Å²) >= 11 is 0. The van der Waals surface area contributed by atoms with Crippen molar-refractivity contribution in [3.8, 4) is 5.75 Å². The average molecular weight is 234 g/mol. The van der Waals surface area contributed by atoms with Gasteiger partial charge < -0.3 is 15.3 Å². The van der Waals surface area contributed by atoms with Crippen LogP contribution >= 0.6 is 0 Å². The van der Waals surface area contributed by atoms with E-state index in [2.05, 4.69) is 5.32 Å². The minimum absolute atomic E-state index is 0.0428. The molecule has 1 saturated heterocycles. The first kappa shape index (κ1) is 11.9. The Bertz CT molecular complexity index is 383. The van der Waals surface area contributed by atoms with E-state index in [9.17, 15) is 9.90 Å². The average Bonchev–Trinajstić information content (AvgIpc) is 2.84. The van der Waals surface area contributed by atoms with Crippen LogP contribution in [0, 0.1) is 0 Å². The van der Waals surface area contributed by atoms with Crippen molar-refractivity contribution in [1.82, 2.24) is 10.2 Å². The van der Waals surface area contributed by atoms with E-state index in [1.54, 1.807) is 24.3 Å². The maximum atomic E-state index is 12.3. The van der Waals surface area contributed by atoms with Crippen molar-refractivity contribution in [2.24, 2.45) is 0 Å². The van der Waals surface area contributed by atoms with E-state index in [0.29, 0.717) is 18.2 Å². The fraction of sp³-hybridized carbons (Fsp3) is 0.462. The van der Waals surface area contributed by atoms with Crippen molar-refractivity contribution in [3.05, 3.63) is 29.8 Å². The molecule has 2 rings (SSSR count). The molecule has 0 radical (unpaired) electrons. The van der Waals surface area contributed by atoms with E-state index in [-0.39, 0.29) is 11.7 Å². The van der Waals surface area contributed by atoms with E-state index < -0.39 is 0 Å². The summed E-state index contributed by atoms with van der Waals surface area (Å²) in [6.45, 7) is 4.56. The first-order valence-electron chi connectivity index (χ1n) is 6.03. The van der Waals surface area contributed by atoms with Gasteiger partial charge in [0.1, 0.15) is 5.75 Å². The van der Waals surface area contributed by atoms with Crippen LogP contribution in [0.25, 0.3) is 0 Å². The van der Waals surface area contributed by atoms with Gasteiger partial charge >= 0.3 is 0 Å². The highest BCUT2D eigenvalue weighted by Crippen LogP contribution is 2.15. The highest BCUT2D eigenvalue weighted by Gasteiger charge is 2.25. The van der Waals surface area contributed by atoms with E-state index in [1.165, 1.54) is 0 Å². The zero-order chi connectivity index (χ0) is 12.3. The zero-order valence-corrected chi connectivity index (χ0v) is 10.0. The Morgan fingerprint density at radius 1 is 1.47 bits per heavy atom. The summed E-state index contributed by atoms with van der Waals surface area (Å²) in [5, 5.41) is 12.5. The van der Waals surface area contributed by atoms with Gasteiger partial charge in [-0.15, -0.1) is 0 Å². The normalized spacial score (nSPS) is 19.2. The maximum Gasteiger partial charge on any atom is 0.254 e. The molecule has 1 fully saturated rings. The number of benzene rings is 1. The molecule has 1 heterocycles. The Balaban J connectivity index is 2.13. The third-order valence-corrected chi connectivity index (χ3v) is 3.19. The predicted molar refractivity (Wildman–Crippen MR) is 66.1 cm³/mol. The Morgan fingerprint density at radius 2 is 2.18 bits per heavy atom. The molecular weight excluding hydrogens is 216 g/mol. The van der Waals surface area contributed by atoms with E-state index in [0.717, 1.165) is 19.5 Å². The monoisotopic (exact) mass is 234 g/mol. The summed E-state index contributed by atoms with van der Waals surface area (Å²) in [7, 11) is 0. The molecule has 4 heteroatoms. The highest BCUT2D eigenvalue weighted by atomic mass is 16.3. The standard InChI is InChI=1S/C13H18N2O2/c1-2-15(11-7-8-14-9-11)13(17)10-3-5-12(16)6-4-10/h3-6,11,14,16H,2,7-9H2,1H3. The van der Waals surface area contributed by atoms with Crippen LogP contribution in [0.5, 0.6) is 5.75 Å². The summed E-state index contributed by atoms with van der Waals surface area (Å²) < 4.78 is 0. The van der Waals surface area contributed by atoms with Crippen LogP contribution in [0.4, 0.5) is 0 Å². The van der Waals surface area contributed by atoms with Gasteiger partial charge in [0.2, 0.25) is 0 Å². The Labute approximate surface area is 101 Å². The van der Waals surface area contributed by atoms with Gasteiger partial charge in [-0.25, -0.2) is 0 Å². The van der Waals surface area contributed by atoms with Gasteiger partial charge in [-0.2, -0.15) is 0 Å². The number of hydrogen-bond donors (Lipinski definition) is 2. The number of aromatic hydroxyl groups is 1. The zero-order valence-electron chi connectivity index (χ0n) is 10.0. The minimum Gasteiger partial charge on any atom is -0.508 e. The minimum atomic E-state index is 0.0428. The van der Waals surface area contributed by atoms with E-state index in [4.69, 9.17) is 0 Å². The summed E-state index contributed by atoms with van der Waals surface area (Å²) in [6.07, 6.45) is 1.01. The van der Waals surface area contributed by atoms with Crippen LogP contribution in [0.1, 0.15) is 23.7 Å². The largest absolute Gasteiger partial charge is 0.508 e. The summed E-state index contributed by atoms with van der Waals surface area (Å²) in [5.41, 5.74) is 0.636. The van der Waals surface area contributed by atoms with Crippen LogP contribution in [-0.4, -0.2) is 41.6 Å². The first-order valence-corrected chi connectivity index (χ1v) is 6.03. The van der Waals surface area contributed by atoms with Crippen LogP contribution in [0.3, 0.4) is 0 Å². The van der Waals surface area contributed by atoms with Crippen LogP contribution < -0.4 is 5.32 Å². The molecule has 0 aromatic heterocycles. The lowest BCUT2D eigenvalue weighted by atomic mass is 10.1. The van der Waals surface area contributed by atoms with Gasteiger partial charge in [-0.1, -0.05) is 0 Å². The second-order valence-corrected chi connectivity index (χ2v) is 4.28. The van der Waals surface area contributed by atoms with Crippen LogP contribution in [0.2, 0.25) is 0 Å². The number of likely N-dealkylation sites (N-methyl/N-ethyl adjacent to an activating group) is 1. The Hall–Kier alpha value is -1.55. The molecule has 0 bridgehead atoms. The molecule has 92 valence electrons. The molecule has 0 aliphatic carbocycles. The smallest absolute Gasteiger partial charge is 0.254 e. The first-order chi connectivity index (χ1) is 8.22. The second kappa shape index (κ2) is 5.19. The fourth-order valence-corrected chi connectivity index (χ4v) is 2.24. The van der Waals surface area contributed by atoms with Crippen molar-refractivity contribution in [1.29, 1.82) is 0 Å². The SMILES string of the molecule is CCN(C(=O)c1ccc(O)cc1)C1CCNC1. The quantitative estimate of drug-likeness (QED) is 0.826. The molecule has 1 unspecified atom stereocenters. The highest BCUT2D eigenvalue weighted by molar-refractivity contribution is 5.94. The van der Waals surface area contributed by atoms with Gasteiger partial charge in [-0.3, -0.25) is 4.79 Å². The molecule has 1 aromatic rings. The molecule has 0 spiro atoms. The number of phenolic OH excluding ortho intramolecular Hbond substituents is 1. The van der Waals surface area contributed by atoms with Crippen molar-refractivity contribution < 1.29 is 9.90 Å². The molecule has 2 N–H and O–H groups in total. The summed E-state index contributed by atoms with van der Waals surface area (Å²) in [5.74, 6) is 0.230. The van der Waals surface area contributed by atoms with Gasteiger partial charge in [0.15, 0.2) is 0 Å². The molecular formula is C13H18N2O2. The predicted octanol–water partition coefficient (Wildman–Crippen LogP) is 1.22. The number of hydrogen-bond acceptors (Lipinski definition) is 3. The third kappa shape index (κ3) is 2.58. The Morgan fingerprint density at radius 3 is 2.71 bits per heavy atom. The number of carbonyl (C=O) groups excluding carboxylic acids is 1. The van der Waals surface area contributed by atoms with Gasteiger partial charge in [0.25, 0.3) is 5.91 Å². The van der Waals surface area contributed by atoms with Crippen LogP contribution in [0.15, 0.2) is 24.3 Å². The van der Waals surface area contributed by atoms with Crippen molar-refractivity contribution in [2.45, 2.75) is 19.4 Å². The molecule has 1 atom stereocenters. The number of nitrogens with zero attached hydrogens (tertiary/aromatic N) is 1. The molecule has 0 saturated carbocycles. The molecule has 4 nitrogen and oxygen atoms in total. The van der Waals surface area contributed by atoms with Crippen molar-refractivity contribution in [2.75, 3.05) is 19.6 Å². The Kier molecular flexibility index (Phi) is 3.64. The van der Waals surface area contributed by atoms with Gasteiger partial charge in [-0.05, 0) is 44.2 Å². The van der Waals surface area contributed by atoms with Crippen LogP contribution in [-0.2, 0) is 0 Å². The second-order valence-electron chi connectivity index (χ2n) is 4.28. The molecule has 1 aliphatic heterocycles.